The zero-order valence-corrected chi connectivity index (χ0v) is 16.1. The van der Waals surface area contributed by atoms with Crippen LogP contribution in [0.25, 0.3) is 16.7 Å². The van der Waals surface area contributed by atoms with Crippen LogP contribution in [-0.2, 0) is 6.42 Å². The number of hydrogen-bond donors (Lipinski definition) is 0. The van der Waals surface area contributed by atoms with E-state index >= 15 is 0 Å². The Balaban J connectivity index is 2.01. The first-order valence-corrected chi connectivity index (χ1v) is 9.73. The van der Waals surface area contributed by atoms with Crippen LogP contribution in [0.2, 0.25) is 0 Å². The van der Waals surface area contributed by atoms with E-state index in [0.29, 0.717) is 12.1 Å². The van der Waals surface area contributed by atoms with Gasteiger partial charge in [-0.05, 0) is 36.8 Å². The lowest BCUT2D eigenvalue weighted by Gasteiger charge is -2.17. The molecule has 2 aromatic carbocycles. The van der Waals surface area contributed by atoms with Crippen LogP contribution in [0.15, 0.2) is 75.4 Å². The van der Waals surface area contributed by atoms with Crippen molar-refractivity contribution in [2.24, 2.45) is 0 Å². The average molecular weight is 412 g/mol. The number of rotatable bonds is 4. The van der Waals surface area contributed by atoms with Crippen molar-refractivity contribution in [3.63, 3.8) is 0 Å². The number of hydrogen-bond acceptors (Lipinski definition) is 3. The molecule has 0 saturated carbocycles. The van der Waals surface area contributed by atoms with Gasteiger partial charge in [-0.15, -0.1) is 0 Å². The van der Waals surface area contributed by atoms with E-state index in [1.165, 1.54) is 16.7 Å². The number of benzene rings is 2. The van der Waals surface area contributed by atoms with Crippen molar-refractivity contribution < 1.29 is 13.2 Å². The van der Waals surface area contributed by atoms with E-state index in [0.717, 1.165) is 34.9 Å². The Bertz CT molecular complexity index is 1270. The predicted molar refractivity (Wildman–Crippen MR) is 107 cm³/mol. The summed E-state index contributed by atoms with van der Waals surface area (Å²) in [6.45, 7) is 1.81. The molecule has 0 bridgehead atoms. The van der Waals surface area contributed by atoms with Crippen molar-refractivity contribution in [2.45, 2.75) is 23.3 Å². The molecular weight excluding hydrogens is 397 g/mol. The van der Waals surface area contributed by atoms with Crippen molar-refractivity contribution in [3.05, 3.63) is 94.0 Å². The number of fused-ring (bicyclic) bond motifs is 1. The van der Waals surface area contributed by atoms with Crippen LogP contribution in [0.5, 0.6) is 0 Å². The fourth-order valence-corrected chi connectivity index (χ4v) is 3.91. The highest BCUT2D eigenvalue weighted by atomic mass is 32.2. The Morgan fingerprint density at radius 3 is 2.41 bits per heavy atom. The molecule has 0 atom stereocenters. The zero-order valence-electron chi connectivity index (χ0n) is 15.3. The van der Waals surface area contributed by atoms with E-state index in [1.54, 1.807) is 0 Å². The molecule has 0 saturated heterocycles. The molecule has 0 spiro atoms. The van der Waals surface area contributed by atoms with Gasteiger partial charge in [0.2, 0.25) is 0 Å². The maximum Gasteiger partial charge on any atom is 0.191 e. The summed E-state index contributed by atoms with van der Waals surface area (Å²) in [5.41, 5.74) is 0.253. The Labute approximate surface area is 168 Å². The third-order valence-electron chi connectivity index (χ3n) is 4.46. The lowest BCUT2D eigenvalue weighted by molar-refractivity contribution is 0.576. The maximum absolute atomic E-state index is 14.7. The molecule has 0 fully saturated rings. The molecule has 2 aromatic heterocycles. The Kier molecular flexibility index (Phi) is 5.15. The van der Waals surface area contributed by atoms with E-state index in [4.69, 9.17) is 0 Å². The van der Waals surface area contributed by atoms with Crippen molar-refractivity contribution in [1.29, 1.82) is 0 Å². The summed E-state index contributed by atoms with van der Waals surface area (Å²) >= 11 is 1.10. The van der Waals surface area contributed by atoms with Gasteiger partial charge >= 0.3 is 0 Å². The minimum Gasteiger partial charge on any atom is -0.295 e. The van der Waals surface area contributed by atoms with Crippen molar-refractivity contribution in [2.75, 3.05) is 0 Å². The van der Waals surface area contributed by atoms with Gasteiger partial charge < -0.3 is 0 Å². The summed E-state index contributed by atoms with van der Waals surface area (Å²) < 4.78 is 44.1. The van der Waals surface area contributed by atoms with Gasteiger partial charge in [0.05, 0.1) is 11.1 Å². The van der Waals surface area contributed by atoms with Crippen molar-refractivity contribution in [3.8, 4) is 5.69 Å². The first-order chi connectivity index (χ1) is 14.0. The molecule has 0 aliphatic heterocycles. The van der Waals surface area contributed by atoms with Crippen LogP contribution in [-0.4, -0.2) is 9.55 Å². The van der Waals surface area contributed by atoms with E-state index in [1.807, 2.05) is 37.3 Å². The van der Waals surface area contributed by atoms with Crippen LogP contribution in [0.1, 0.15) is 12.6 Å². The van der Waals surface area contributed by atoms with Gasteiger partial charge in [0.25, 0.3) is 0 Å². The van der Waals surface area contributed by atoms with Crippen LogP contribution in [0.4, 0.5) is 13.2 Å². The highest BCUT2D eigenvalue weighted by Crippen LogP contribution is 2.31. The van der Waals surface area contributed by atoms with Gasteiger partial charge in [-0.2, -0.15) is 0 Å². The summed E-state index contributed by atoms with van der Waals surface area (Å²) in [6, 6.07) is 14.7. The second-order valence-electron chi connectivity index (χ2n) is 6.35. The molecule has 4 rings (SSSR count). The van der Waals surface area contributed by atoms with Gasteiger partial charge in [-0.3, -0.25) is 9.36 Å². The molecule has 2 heterocycles. The standard InChI is InChI=1S/C22H15F3N2OS/c1-2-14-11-20(28)16-12-18(25)22(29-15-6-4-3-5-7-15)26-21(16)27(14)19-9-8-13(23)10-17(19)24/h3-12H,2H2,1H3. The Morgan fingerprint density at radius 2 is 1.72 bits per heavy atom. The van der Waals surface area contributed by atoms with E-state index in [2.05, 4.69) is 4.98 Å². The first-order valence-electron chi connectivity index (χ1n) is 8.91. The molecule has 7 heteroatoms. The number of halogens is 3. The summed E-state index contributed by atoms with van der Waals surface area (Å²) in [7, 11) is 0. The van der Waals surface area contributed by atoms with Crippen molar-refractivity contribution >= 4 is 22.8 Å². The van der Waals surface area contributed by atoms with E-state index < -0.39 is 22.9 Å². The highest BCUT2D eigenvalue weighted by Gasteiger charge is 2.18. The van der Waals surface area contributed by atoms with Gasteiger partial charge in [-0.25, -0.2) is 18.2 Å². The molecule has 0 amide bonds. The Hall–Kier alpha value is -3.06. The fourth-order valence-electron chi connectivity index (χ4n) is 3.11. The third-order valence-corrected chi connectivity index (χ3v) is 5.44. The number of nitrogens with zero attached hydrogens (tertiary/aromatic N) is 2. The predicted octanol–water partition coefficient (Wildman–Crippen LogP) is 5.52. The molecule has 146 valence electrons. The molecule has 29 heavy (non-hydrogen) atoms. The minimum absolute atomic E-state index is 0.0286. The molecule has 0 N–H and O–H groups in total. The lowest BCUT2D eigenvalue weighted by Crippen LogP contribution is -2.15. The Morgan fingerprint density at radius 1 is 0.966 bits per heavy atom. The first kappa shape index (κ1) is 19.3. The average Bonchev–Trinajstić information content (AvgIpc) is 2.70. The largest absolute Gasteiger partial charge is 0.295 e. The molecule has 0 unspecified atom stereocenters. The van der Waals surface area contributed by atoms with Gasteiger partial charge in [-0.1, -0.05) is 36.9 Å². The molecule has 0 aliphatic carbocycles. The molecule has 0 radical (unpaired) electrons. The third kappa shape index (κ3) is 3.65. The van der Waals surface area contributed by atoms with Gasteiger partial charge in [0.1, 0.15) is 22.3 Å². The number of pyridine rings is 2. The molecule has 0 aliphatic rings. The second kappa shape index (κ2) is 7.75. The van der Waals surface area contributed by atoms with Crippen LogP contribution < -0.4 is 5.43 Å². The number of aryl methyl sites for hydroxylation is 1. The van der Waals surface area contributed by atoms with Crippen LogP contribution in [0.3, 0.4) is 0 Å². The monoisotopic (exact) mass is 412 g/mol. The maximum atomic E-state index is 14.7. The SMILES string of the molecule is CCc1cc(=O)c2cc(F)c(Sc3ccccc3)nc2n1-c1ccc(F)cc1F. The van der Waals surface area contributed by atoms with Gasteiger partial charge in [0.15, 0.2) is 11.2 Å². The highest BCUT2D eigenvalue weighted by molar-refractivity contribution is 7.99. The zero-order chi connectivity index (χ0) is 20.5. The second-order valence-corrected chi connectivity index (χ2v) is 7.41. The smallest absolute Gasteiger partial charge is 0.191 e. The van der Waals surface area contributed by atoms with Crippen molar-refractivity contribution in [1.82, 2.24) is 9.55 Å². The van der Waals surface area contributed by atoms with Crippen LogP contribution in [0, 0.1) is 17.5 Å². The quantitative estimate of drug-likeness (QED) is 0.443. The van der Waals surface area contributed by atoms with Gasteiger partial charge in [0, 0.05) is 22.7 Å². The molecular formula is C22H15F3N2OS. The summed E-state index contributed by atoms with van der Waals surface area (Å²) in [5, 5.41) is 0.0912. The molecule has 3 nitrogen and oxygen atoms in total. The minimum atomic E-state index is -0.798. The summed E-state index contributed by atoms with van der Waals surface area (Å²) in [5.74, 6) is -2.15. The van der Waals surface area contributed by atoms with E-state index in [-0.39, 0.29) is 21.7 Å². The molecule has 4 aromatic rings. The summed E-state index contributed by atoms with van der Waals surface area (Å²) in [4.78, 5) is 17.7. The fraction of sp³-hybridized carbons (Fsp3) is 0.0909. The topological polar surface area (TPSA) is 34.9 Å². The normalized spacial score (nSPS) is 11.2. The number of aromatic nitrogens is 2. The van der Waals surface area contributed by atoms with E-state index in [9.17, 15) is 18.0 Å². The summed E-state index contributed by atoms with van der Waals surface area (Å²) in [6.07, 6.45) is 0.405. The van der Waals surface area contributed by atoms with Crippen LogP contribution >= 0.6 is 11.8 Å². The lowest BCUT2D eigenvalue weighted by atomic mass is 10.2.